The molecular formula is C24H19BrN2O2. The van der Waals surface area contributed by atoms with Gasteiger partial charge in [0.2, 0.25) is 5.89 Å². The number of nitrogens with zero attached hydrogens (tertiary/aromatic N) is 2. The number of rotatable bonds is 5. The second-order valence-electron chi connectivity index (χ2n) is 6.56. The quantitative estimate of drug-likeness (QED) is 0.337. The lowest BCUT2D eigenvalue weighted by Gasteiger charge is -2.01. The molecule has 0 aliphatic heterocycles. The Morgan fingerprint density at radius 3 is 2.69 bits per heavy atom. The van der Waals surface area contributed by atoms with Gasteiger partial charge in [-0.25, -0.2) is 4.98 Å². The lowest BCUT2D eigenvalue weighted by atomic mass is 10.1. The number of hydrogen-bond acceptors (Lipinski definition) is 4. The molecule has 1 aromatic heterocycles. The number of oxazole rings is 1. The molecule has 1 N–H and O–H groups in total. The molecule has 29 heavy (non-hydrogen) atoms. The van der Waals surface area contributed by atoms with Gasteiger partial charge in [0, 0.05) is 10.7 Å². The fourth-order valence-corrected chi connectivity index (χ4v) is 3.21. The Hall–Kier alpha value is -3.18. The van der Waals surface area contributed by atoms with Crippen molar-refractivity contribution >= 4 is 45.0 Å². The number of allylic oxidation sites excluding steroid dienone is 1. The van der Waals surface area contributed by atoms with Crippen LogP contribution in [0.4, 0.5) is 5.69 Å². The number of aliphatic imine (C=N–C) groups is 1. The molecule has 4 rings (SSSR count). The Balaban J connectivity index is 1.58. The summed E-state index contributed by atoms with van der Waals surface area (Å²) in [6.45, 7) is 2.10. The van der Waals surface area contributed by atoms with Gasteiger partial charge in [-0.3, -0.25) is 4.99 Å². The number of fused-ring (bicyclic) bond motifs is 1. The van der Waals surface area contributed by atoms with E-state index in [2.05, 4.69) is 32.8 Å². The number of hydrogen-bond donors (Lipinski definition) is 1. The van der Waals surface area contributed by atoms with Gasteiger partial charge >= 0.3 is 0 Å². The fraction of sp³-hybridized carbons (Fsp3) is 0.0833. The van der Waals surface area contributed by atoms with Gasteiger partial charge in [-0.2, -0.15) is 0 Å². The maximum Gasteiger partial charge on any atom is 0.231 e. The van der Waals surface area contributed by atoms with Crippen LogP contribution in [0.2, 0.25) is 0 Å². The van der Waals surface area contributed by atoms with Gasteiger partial charge in [0.25, 0.3) is 0 Å². The maximum absolute atomic E-state index is 10.3. The van der Waals surface area contributed by atoms with E-state index in [9.17, 15) is 5.11 Å². The fourth-order valence-electron chi connectivity index (χ4n) is 2.94. The van der Waals surface area contributed by atoms with E-state index in [0.29, 0.717) is 22.7 Å². The van der Waals surface area contributed by atoms with Crippen LogP contribution in [0.15, 0.2) is 80.6 Å². The molecule has 0 aliphatic rings. The third kappa shape index (κ3) is 4.46. The van der Waals surface area contributed by atoms with Gasteiger partial charge in [-0.15, -0.1) is 0 Å². The largest absolute Gasteiger partial charge is 0.507 e. The molecule has 0 saturated carbocycles. The van der Waals surface area contributed by atoms with Crippen molar-refractivity contribution in [3.63, 3.8) is 0 Å². The third-order valence-corrected chi connectivity index (χ3v) is 5.07. The highest BCUT2D eigenvalue weighted by molar-refractivity contribution is 9.10. The Labute approximate surface area is 177 Å². The van der Waals surface area contributed by atoms with Crippen LogP contribution in [0.3, 0.4) is 0 Å². The van der Waals surface area contributed by atoms with Crippen LogP contribution in [-0.4, -0.2) is 16.3 Å². The first-order valence-corrected chi connectivity index (χ1v) is 10.1. The Kier molecular flexibility index (Phi) is 5.58. The van der Waals surface area contributed by atoms with Crippen molar-refractivity contribution in [3.8, 4) is 17.2 Å². The molecule has 4 aromatic rings. The van der Waals surface area contributed by atoms with Gasteiger partial charge in [0.05, 0.1) is 11.3 Å². The first kappa shape index (κ1) is 19.2. The minimum absolute atomic E-state index is 0.108. The number of phenols is 1. The van der Waals surface area contributed by atoms with Crippen molar-refractivity contribution in [1.82, 2.24) is 4.98 Å². The number of aromatic nitrogens is 1. The lowest BCUT2D eigenvalue weighted by Crippen LogP contribution is -1.80. The average molecular weight is 447 g/mol. The van der Waals surface area contributed by atoms with E-state index in [0.717, 1.165) is 22.0 Å². The molecule has 0 radical (unpaired) electrons. The number of aromatic hydroxyl groups is 1. The normalized spacial score (nSPS) is 11.8. The molecule has 5 heteroatoms. The molecule has 0 spiro atoms. The second-order valence-corrected chi connectivity index (χ2v) is 7.48. The van der Waals surface area contributed by atoms with Crippen molar-refractivity contribution < 1.29 is 9.52 Å². The van der Waals surface area contributed by atoms with Gasteiger partial charge in [0.1, 0.15) is 11.3 Å². The highest BCUT2D eigenvalue weighted by Gasteiger charge is 2.13. The molecule has 0 aliphatic carbocycles. The summed E-state index contributed by atoms with van der Waals surface area (Å²) in [6, 6.07) is 19.1. The first-order chi connectivity index (χ1) is 14.1. The van der Waals surface area contributed by atoms with Gasteiger partial charge in [-0.1, -0.05) is 47.1 Å². The third-order valence-electron chi connectivity index (χ3n) is 4.54. The van der Waals surface area contributed by atoms with Crippen LogP contribution < -0.4 is 0 Å². The molecule has 144 valence electrons. The zero-order valence-electron chi connectivity index (χ0n) is 15.8. The van der Waals surface area contributed by atoms with Crippen LogP contribution in [-0.2, 0) is 6.42 Å². The molecule has 0 amide bonds. The highest BCUT2D eigenvalue weighted by atomic mass is 79.9. The molecule has 0 fully saturated rings. The van der Waals surface area contributed by atoms with Crippen LogP contribution in [0.5, 0.6) is 5.75 Å². The summed E-state index contributed by atoms with van der Waals surface area (Å²) in [5.74, 6) is 0.491. The smallest absolute Gasteiger partial charge is 0.231 e. The predicted molar refractivity (Wildman–Crippen MR) is 122 cm³/mol. The number of halogens is 1. The maximum atomic E-state index is 10.3. The summed E-state index contributed by atoms with van der Waals surface area (Å²) in [5, 5.41) is 10.3. The van der Waals surface area contributed by atoms with E-state index in [-0.39, 0.29) is 5.75 Å². The van der Waals surface area contributed by atoms with E-state index in [1.54, 1.807) is 24.4 Å². The zero-order valence-corrected chi connectivity index (χ0v) is 17.4. The Morgan fingerprint density at radius 1 is 1.07 bits per heavy atom. The molecule has 4 nitrogen and oxygen atoms in total. The predicted octanol–water partition coefficient (Wildman–Crippen LogP) is 6.94. The van der Waals surface area contributed by atoms with Crippen LogP contribution in [0.25, 0.3) is 28.6 Å². The summed E-state index contributed by atoms with van der Waals surface area (Å²) in [4.78, 5) is 8.99. The standard InChI is InChI=1S/C24H19BrN2O2/c1-2-16-7-12-23-21(14-16)27-24(29-23)20-15-19(10-11-22(20)28)26-13-3-4-17-5-8-18(25)9-6-17/h3-15,28H,2H2,1H3/b4-3+,26-13?. The minimum Gasteiger partial charge on any atom is -0.507 e. The molecule has 0 atom stereocenters. The Bertz CT molecular complexity index is 1210. The summed E-state index contributed by atoms with van der Waals surface area (Å²) in [6.07, 6.45) is 6.50. The van der Waals surface area contributed by atoms with Crippen molar-refractivity contribution in [2.75, 3.05) is 0 Å². The van der Waals surface area contributed by atoms with Crippen molar-refractivity contribution in [2.24, 2.45) is 4.99 Å². The van der Waals surface area contributed by atoms with E-state index >= 15 is 0 Å². The number of phenolic OH excluding ortho intramolecular Hbond substituents is 1. The zero-order chi connectivity index (χ0) is 20.2. The summed E-state index contributed by atoms with van der Waals surface area (Å²) < 4.78 is 6.89. The highest BCUT2D eigenvalue weighted by Crippen LogP contribution is 2.34. The van der Waals surface area contributed by atoms with E-state index < -0.39 is 0 Å². The Morgan fingerprint density at radius 2 is 1.90 bits per heavy atom. The van der Waals surface area contributed by atoms with E-state index in [1.807, 2.05) is 54.6 Å². The minimum atomic E-state index is 0.108. The lowest BCUT2D eigenvalue weighted by molar-refractivity contribution is 0.474. The molecular weight excluding hydrogens is 428 g/mol. The van der Waals surface area contributed by atoms with Gasteiger partial charge < -0.3 is 9.52 Å². The van der Waals surface area contributed by atoms with Crippen molar-refractivity contribution in [2.45, 2.75) is 13.3 Å². The summed E-state index contributed by atoms with van der Waals surface area (Å²) >= 11 is 3.42. The van der Waals surface area contributed by atoms with Crippen LogP contribution in [0.1, 0.15) is 18.1 Å². The first-order valence-electron chi connectivity index (χ1n) is 9.31. The van der Waals surface area contributed by atoms with Crippen LogP contribution in [0, 0.1) is 0 Å². The van der Waals surface area contributed by atoms with E-state index in [1.165, 1.54) is 5.56 Å². The summed E-state index contributed by atoms with van der Waals surface area (Å²) in [7, 11) is 0. The number of aryl methyl sites for hydroxylation is 1. The molecule has 3 aromatic carbocycles. The monoisotopic (exact) mass is 446 g/mol. The average Bonchev–Trinajstić information content (AvgIpc) is 3.16. The SMILES string of the molecule is CCc1ccc2oc(-c3cc(N=C/C=C/c4ccc(Br)cc4)ccc3O)nc2c1. The summed E-state index contributed by atoms with van der Waals surface area (Å²) in [5.41, 5.74) is 4.98. The molecule has 0 unspecified atom stereocenters. The van der Waals surface area contributed by atoms with Crippen LogP contribution >= 0.6 is 15.9 Å². The molecule has 0 saturated heterocycles. The van der Waals surface area contributed by atoms with Gasteiger partial charge in [0.15, 0.2) is 5.58 Å². The van der Waals surface area contributed by atoms with E-state index in [4.69, 9.17) is 4.42 Å². The topological polar surface area (TPSA) is 58.6 Å². The molecule has 1 heterocycles. The van der Waals surface area contributed by atoms with Crippen molar-refractivity contribution in [1.29, 1.82) is 0 Å². The number of benzene rings is 3. The second kappa shape index (κ2) is 8.45. The molecule has 0 bridgehead atoms. The van der Waals surface area contributed by atoms with Crippen molar-refractivity contribution in [3.05, 3.63) is 82.3 Å². The van der Waals surface area contributed by atoms with Gasteiger partial charge in [-0.05, 0) is 66.1 Å².